The molecule has 0 bridgehead atoms. The van der Waals surface area contributed by atoms with Crippen LogP contribution in [0, 0.1) is 6.92 Å². The first-order valence-electron chi connectivity index (χ1n) is 5.60. The summed E-state index contributed by atoms with van der Waals surface area (Å²) in [6.07, 6.45) is 1.77. The lowest BCUT2D eigenvalue weighted by Gasteiger charge is -2.05. The summed E-state index contributed by atoms with van der Waals surface area (Å²) >= 11 is 3.34. The summed E-state index contributed by atoms with van der Waals surface area (Å²) in [5, 5.41) is 2.86. The Labute approximate surface area is 114 Å². The van der Waals surface area contributed by atoms with Gasteiger partial charge in [-0.3, -0.25) is 9.78 Å². The number of benzene rings is 1. The standard InChI is InChI=1S/C14H13BrN2O/c1-10-2-3-11(8-16-10)9-17-14(18)12-4-6-13(15)7-5-12/h2-8H,9H2,1H3,(H,17,18). The van der Waals surface area contributed by atoms with Gasteiger partial charge in [0.2, 0.25) is 0 Å². The van der Waals surface area contributed by atoms with E-state index < -0.39 is 0 Å². The van der Waals surface area contributed by atoms with Gasteiger partial charge in [0, 0.05) is 28.5 Å². The Bertz CT molecular complexity index is 535. The fraction of sp³-hybridized carbons (Fsp3) is 0.143. The van der Waals surface area contributed by atoms with Crippen molar-refractivity contribution < 1.29 is 4.79 Å². The van der Waals surface area contributed by atoms with Crippen LogP contribution in [0.2, 0.25) is 0 Å². The van der Waals surface area contributed by atoms with Crippen LogP contribution in [-0.4, -0.2) is 10.9 Å². The number of carbonyl (C=O) groups excluding carboxylic acids is 1. The number of nitrogens with one attached hydrogen (secondary N) is 1. The minimum absolute atomic E-state index is 0.0805. The molecule has 3 nitrogen and oxygen atoms in total. The summed E-state index contributed by atoms with van der Waals surface area (Å²) < 4.78 is 0.960. The van der Waals surface area contributed by atoms with Gasteiger partial charge in [-0.2, -0.15) is 0 Å². The van der Waals surface area contributed by atoms with Crippen molar-refractivity contribution in [3.05, 3.63) is 63.9 Å². The number of pyridine rings is 1. The molecule has 1 aromatic carbocycles. The van der Waals surface area contributed by atoms with Gasteiger partial charge in [0.15, 0.2) is 0 Å². The zero-order valence-corrected chi connectivity index (χ0v) is 11.6. The molecule has 1 aromatic heterocycles. The molecule has 2 rings (SSSR count). The van der Waals surface area contributed by atoms with Crippen molar-refractivity contribution in [1.82, 2.24) is 10.3 Å². The average molecular weight is 305 g/mol. The van der Waals surface area contributed by atoms with Gasteiger partial charge in [-0.25, -0.2) is 0 Å². The van der Waals surface area contributed by atoms with Crippen LogP contribution in [-0.2, 0) is 6.54 Å². The Morgan fingerprint density at radius 3 is 2.56 bits per heavy atom. The number of rotatable bonds is 3. The predicted octanol–water partition coefficient (Wildman–Crippen LogP) is 3.08. The summed E-state index contributed by atoms with van der Waals surface area (Å²) in [7, 11) is 0. The van der Waals surface area contributed by atoms with E-state index in [0.717, 1.165) is 15.7 Å². The normalized spacial score (nSPS) is 10.1. The van der Waals surface area contributed by atoms with Crippen LogP contribution in [0.4, 0.5) is 0 Å². The van der Waals surface area contributed by atoms with Gasteiger partial charge in [-0.15, -0.1) is 0 Å². The monoisotopic (exact) mass is 304 g/mol. The molecule has 1 amide bonds. The van der Waals surface area contributed by atoms with Crippen molar-refractivity contribution in [1.29, 1.82) is 0 Å². The van der Waals surface area contributed by atoms with Crippen molar-refractivity contribution in [2.45, 2.75) is 13.5 Å². The topological polar surface area (TPSA) is 42.0 Å². The first-order valence-corrected chi connectivity index (χ1v) is 6.40. The number of aromatic nitrogens is 1. The highest BCUT2D eigenvalue weighted by molar-refractivity contribution is 9.10. The highest BCUT2D eigenvalue weighted by Gasteiger charge is 2.04. The van der Waals surface area contributed by atoms with E-state index in [0.29, 0.717) is 12.1 Å². The largest absolute Gasteiger partial charge is 0.348 e. The third-order valence-corrected chi connectivity index (χ3v) is 3.06. The van der Waals surface area contributed by atoms with Gasteiger partial charge in [0.05, 0.1) is 0 Å². The van der Waals surface area contributed by atoms with Crippen molar-refractivity contribution in [2.75, 3.05) is 0 Å². The van der Waals surface area contributed by atoms with Gasteiger partial charge in [0.25, 0.3) is 5.91 Å². The summed E-state index contributed by atoms with van der Waals surface area (Å²) in [6.45, 7) is 2.42. The van der Waals surface area contributed by atoms with Gasteiger partial charge >= 0.3 is 0 Å². The number of amides is 1. The number of carbonyl (C=O) groups is 1. The molecule has 92 valence electrons. The number of hydrogen-bond donors (Lipinski definition) is 1. The number of aryl methyl sites for hydroxylation is 1. The highest BCUT2D eigenvalue weighted by Crippen LogP contribution is 2.10. The minimum Gasteiger partial charge on any atom is -0.348 e. The van der Waals surface area contributed by atoms with Gasteiger partial charge < -0.3 is 5.32 Å². The fourth-order valence-electron chi connectivity index (χ4n) is 1.49. The zero-order chi connectivity index (χ0) is 13.0. The highest BCUT2D eigenvalue weighted by atomic mass is 79.9. The van der Waals surface area contributed by atoms with Crippen molar-refractivity contribution in [3.8, 4) is 0 Å². The van der Waals surface area contributed by atoms with E-state index in [2.05, 4.69) is 26.2 Å². The van der Waals surface area contributed by atoms with E-state index in [1.54, 1.807) is 18.3 Å². The molecule has 18 heavy (non-hydrogen) atoms. The van der Waals surface area contributed by atoms with E-state index in [1.165, 1.54) is 0 Å². The Kier molecular flexibility index (Phi) is 4.10. The molecule has 0 radical (unpaired) electrons. The SMILES string of the molecule is Cc1ccc(CNC(=O)c2ccc(Br)cc2)cn1. The molecular weight excluding hydrogens is 292 g/mol. The summed E-state index contributed by atoms with van der Waals surface area (Å²) in [5.41, 5.74) is 2.61. The molecule has 1 heterocycles. The van der Waals surface area contributed by atoms with E-state index in [9.17, 15) is 4.79 Å². The van der Waals surface area contributed by atoms with E-state index in [-0.39, 0.29) is 5.91 Å². The zero-order valence-electron chi connectivity index (χ0n) is 9.98. The molecule has 1 N–H and O–H groups in total. The quantitative estimate of drug-likeness (QED) is 0.947. The first kappa shape index (κ1) is 12.8. The van der Waals surface area contributed by atoms with Gasteiger partial charge in [-0.05, 0) is 42.8 Å². The molecule has 4 heteroatoms. The molecule has 2 aromatic rings. The molecule has 0 unspecified atom stereocenters. The second-order valence-corrected chi connectivity index (χ2v) is 4.91. The van der Waals surface area contributed by atoms with Crippen LogP contribution in [0.15, 0.2) is 47.1 Å². The maximum Gasteiger partial charge on any atom is 0.251 e. The average Bonchev–Trinajstić information content (AvgIpc) is 2.38. The molecule has 0 fully saturated rings. The Morgan fingerprint density at radius 1 is 1.22 bits per heavy atom. The smallest absolute Gasteiger partial charge is 0.251 e. The molecule has 0 atom stereocenters. The fourth-order valence-corrected chi connectivity index (χ4v) is 1.75. The van der Waals surface area contributed by atoms with E-state index in [1.807, 2.05) is 31.2 Å². The summed E-state index contributed by atoms with van der Waals surface area (Å²) in [6, 6.07) is 11.2. The van der Waals surface area contributed by atoms with E-state index >= 15 is 0 Å². The molecule has 0 spiro atoms. The van der Waals surface area contributed by atoms with Crippen LogP contribution in [0.3, 0.4) is 0 Å². The van der Waals surface area contributed by atoms with Crippen molar-refractivity contribution >= 4 is 21.8 Å². The van der Waals surface area contributed by atoms with Crippen LogP contribution >= 0.6 is 15.9 Å². The Hall–Kier alpha value is -1.68. The molecule has 0 aliphatic heterocycles. The number of hydrogen-bond acceptors (Lipinski definition) is 2. The second-order valence-electron chi connectivity index (χ2n) is 4.00. The Balaban J connectivity index is 1.96. The van der Waals surface area contributed by atoms with Crippen LogP contribution in [0.1, 0.15) is 21.6 Å². The van der Waals surface area contributed by atoms with Crippen LogP contribution in [0.5, 0.6) is 0 Å². The van der Waals surface area contributed by atoms with Gasteiger partial charge in [-0.1, -0.05) is 22.0 Å². The first-order chi connectivity index (χ1) is 8.65. The summed E-state index contributed by atoms with van der Waals surface area (Å²) in [5.74, 6) is -0.0805. The van der Waals surface area contributed by atoms with Gasteiger partial charge in [0.1, 0.15) is 0 Å². The maximum atomic E-state index is 11.8. The molecule has 0 aliphatic carbocycles. The number of nitrogens with zero attached hydrogens (tertiary/aromatic N) is 1. The lowest BCUT2D eigenvalue weighted by molar-refractivity contribution is 0.0951. The van der Waals surface area contributed by atoms with Crippen molar-refractivity contribution in [2.24, 2.45) is 0 Å². The van der Waals surface area contributed by atoms with Crippen LogP contribution in [0.25, 0.3) is 0 Å². The van der Waals surface area contributed by atoms with Crippen molar-refractivity contribution in [3.63, 3.8) is 0 Å². The third-order valence-electron chi connectivity index (χ3n) is 2.53. The maximum absolute atomic E-state index is 11.8. The van der Waals surface area contributed by atoms with E-state index in [4.69, 9.17) is 0 Å². The lowest BCUT2D eigenvalue weighted by Crippen LogP contribution is -2.22. The summed E-state index contributed by atoms with van der Waals surface area (Å²) in [4.78, 5) is 16.0. The predicted molar refractivity (Wildman–Crippen MR) is 74.3 cm³/mol. The third kappa shape index (κ3) is 3.40. The molecular formula is C14H13BrN2O. The molecule has 0 saturated heterocycles. The minimum atomic E-state index is -0.0805. The second kappa shape index (κ2) is 5.78. The number of halogens is 1. The van der Waals surface area contributed by atoms with Crippen LogP contribution < -0.4 is 5.32 Å². The molecule has 0 saturated carbocycles. The lowest BCUT2D eigenvalue weighted by atomic mass is 10.2. The molecule has 0 aliphatic rings. The Morgan fingerprint density at radius 2 is 1.94 bits per heavy atom.